The summed E-state index contributed by atoms with van der Waals surface area (Å²) < 4.78 is 0. The molecule has 1 saturated heterocycles. The molecule has 10 heavy (non-hydrogen) atoms. The van der Waals surface area contributed by atoms with E-state index in [4.69, 9.17) is 0 Å². The molecule has 0 aromatic rings. The maximum Gasteiger partial charge on any atom is -0.00623 e. The minimum absolute atomic E-state index is 0.708. The zero-order valence-electron chi connectivity index (χ0n) is 7.15. The standard InChI is InChI=1S/C9H18S/c1-3-4-9(2)5-7-10-8-6-9/h3-8H2,1-2H3. The highest BCUT2D eigenvalue weighted by atomic mass is 32.2. The van der Waals surface area contributed by atoms with Gasteiger partial charge in [0, 0.05) is 0 Å². The zero-order chi connectivity index (χ0) is 7.45. The van der Waals surface area contributed by atoms with Crippen LogP contribution in [0.2, 0.25) is 0 Å². The van der Waals surface area contributed by atoms with Gasteiger partial charge in [-0.1, -0.05) is 20.3 Å². The largest absolute Gasteiger partial charge is 0.162 e. The Morgan fingerprint density at radius 2 is 1.90 bits per heavy atom. The second-order valence-electron chi connectivity index (χ2n) is 3.67. The van der Waals surface area contributed by atoms with Crippen molar-refractivity contribution in [3.8, 4) is 0 Å². The first-order valence-corrected chi connectivity index (χ1v) is 5.50. The van der Waals surface area contributed by atoms with Gasteiger partial charge >= 0.3 is 0 Å². The fourth-order valence-corrected chi connectivity index (χ4v) is 3.20. The maximum atomic E-state index is 2.45. The quantitative estimate of drug-likeness (QED) is 0.594. The van der Waals surface area contributed by atoms with Gasteiger partial charge < -0.3 is 0 Å². The summed E-state index contributed by atoms with van der Waals surface area (Å²) in [5, 5.41) is 0. The van der Waals surface area contributed by atoms with Crippen molar-refractivity contribution in [1.82, 2.24) is 0 Å². The summed E-state index contributed by atoms with van der Waals surface area (Å²) in [7, 11) is 0. The van der Waals surface area contributed by atoms with Crippen LogP contribution in [0.5, 0.6) is 0 Å². The molecule has 1 aliphatic heterocycles. The van der Waals surface area contributed by atoms with Crippen molar-refractivity contribution in [2.75, 3.05) is 11.5 Å². The average Bonchev–Trinajstić information content (AvgIpc) is 1.89. The summed E-state index contributed by atoms with van der Waals surface area (Å²) in [4.78, 5) is 0. The van der Waals surface area contributed by atoms with Gasteiger partial charge in [-0.2, -0.15) is 11.8 Å². The van der Waals surface area contributed by atoms with E-state index in [1.807, 2.05) is 0 Å². The molecular formula is C9H18S. The number of rotatable bonds is 2. The molecule has 0 aromatic carbocycles. The van der Waals surface area contributed by atoms with Gasteiger partial charge in [-0.25, -0.2) is 0 Å². The van der Waals surface area contributed by atoms with Crippen molar-refractivity contribution >= 4 is 11.8 Å². The van der Waals surface area contributed by atoms with Gasteiger partial charge in [0.15, 0.2) is 0 Å². The van der Waals surface area contributed by atoms with Crippen molar-refractivity contribution in [3.05, 3.63) is 0 Å². The van der Waals surface area contributed by atoms with Gasteiger partial charge in [0.1, 0.15) is 0 Å². The lowest BCUT2D eigenvalue weighted by atomic mass is 9.80. The monoisotopic (exact) mass is 158 g/mol. The number of hydrogen-bond acceptors (Lipinski definition) is 1. The Balaban J connectivity index is 2.32. The lowest BCUT2D eigenvalue weighted by Crippen LogP contribution is -2.21. The minimum atomic E-state index is 0.708. The Morgan fingerprint density at radius 1 is 1.30 bits per heavy atom. The van der Waals surface area contributed by atoms with E-state index in [0.717, 1.165) is 0 Å². The molecule has 0 nitrogen and oxygen atoms in total. The van der Waals surface area contributed by atoms with E-state index in [2.05, 4.69) is 25.6 Å². The predicted molar refractivity (Wildman–Crippen MR) is 49.6 cm³/mol. The summed E-state index contributed by atoms with van der Waals surface area (Å²) in [5.41, 5.74) is 0.708. The van der Waals surface area contributed by atoms with Crippen LogP contribution in [-0.2, 0) is 0 Å². The van der Waals surface area contributed by atoms with Crippen LogP contribution in [0.4, 0.5) is 0 Å². The summed E-state index contributed by atoms with van der Waals surface area (Å²) in [5.74, 6) is 2.80. The molecule has 1 heterocycles. The molecule has 0 atom stereocenters. The van der Waals surface area contributed by atoms with Gasteiger partial charge in [0.05, 0.1) is 0 Å². The topological polar surface area (TPSA) is 0 Å². The van der Waals surface area contributed by atoms with Gasteiger partial charge in [-0.15, -0.1) is 0 Å². The smallest absolute Gasteiger partial charge is 0.00623 e. The molecule has 0 amide bonds. The molecule has 1 aliphatic rings. The molecule has 0 radical (unpaired) electrons. The molecule has 1 heteroatoms. The highest BCUT2D eigenvalue weighted by Gasteiger charge is 2.25. The van der Waals surface area contributed by atoms with Crippen molar-refractivity contribution in [2.24, 2.45) is 5.41 Å². The lowest BCUT2D eigenvalue weighted by Gasteiger charge is -2.32. The Labute approximate surface area is 68.8 Å². The van der Waals surface area contributed by atoms with Crippen LogP contribution in [0.1, 0.15) is 39.5 Å². The SMILES string of the molecule is CCCC1(C)CCSCC1. The van der Waals surface area contributed by atoms with E-state index < -0.39 is 0 Å². The zero-order valence-corrected chi connectivity index (χ0v) is 7.97. The van der Waals surface area contributed by atoms with Crippen molar-refractivity contribution in [3.63, 3.8) is 0 Å². The molecule has 1 fully saturated rings. The van der Waals surface area contributed by atoms with Crippen LogP contribution >= 0.6 is 11.8 Å². The fourth-order valence-electron chi connectivity index (χ4n) is 1.72. The fraction of sp³-hybridized carbons (Fsp3) is 1.00. The molecule has 0 unspecified atom stereocenters. The molecule has 0 aromatic heterocycles. The number of thioether (sulfide) groups is 1. The van der Waals surface area contributed by atoms with Crippen LogP contribution < -0.4 is 0 Å². The third-order valence-corrected chi connectivity index (χ3v) is 3.54. The number of hydrogen-bond donors (Lipinski definition) is 0. The van der Waals surface area contributed by atoms with Crippen molar-refractivity contribution in [1.29, 1.82) is 0 Å². The summed E-state index contributed by atoms with van der Waals surface area (Å²) in [6, 6.07) is 0. The van der Waals surface area contributed by atoms with Crippen LogP contribution in [0, 0.1) is 5.41 Å². The van der Waals surface area contributed by atoms with Crippen LogP contribution in [0.3, 0.4) is 0 Å². The molecule has 1 rings (SSSR count). The second kappa shape index (κ2) is 3.66. The molecular weight excluding hydrogens is 140 g/mol. The molecule has 0 saturated carbocycles. The highest BCUT2D eigenvalue weighted by Crippen LogP contribution is 2.37. The van der Waals surface area contributed by atoms with Gasteiger partial charge in [0.25, 0.3) is 0 Å². The first kappa shape index (κ1) is 8.45. The summed E-state index contributed by atoms with van der Waals surface area (Å²) in [6.07, 6.45) is 5.70. The maximum absolute atomic E-state index is 2.45. The first-order chi connectivity index (χ1) is 4.77. The van der Waals surface area contributed by atoms with Crippen LogP contribution in [0.15, 0.2) is 0 Å². The molecule has 0 aliphatic carbocycles. The van der Waals surface area contributed by atoms with E-state index in [-0.39, 0.29) is 0 Å². The summed E-state index contributed by atoms with van der Waals surface area (Å²) in [6.45, 7) is 4.75. The van der Waals surface area contributed by atoms with Crippen LogP contribution in [0.25, 0.3) is 0 Å². The summed E-state index contributed by atoms with van der Waals surface area (Å²) >= 11 is 2.12. The first-order valence-electron chi connectivity index (χ1n) is 4.35. The highest BCUT2D eigenvalue weighted by molar-refractivity contribution is 7.99. The van der Waals surface area contributed by atoms with Crippen molar-refractivity contribution < 1.29 is 0 Å². The van der Waals surface area contributed by atoms with Gasteiger partial charge in [-0.05, 0) is 36.2 Å². The lowest BCUT2D eigenvalue weighted by molar-refractivity contribution is 0.269. The Morgan fingerprint density at radius 3 is 2.40 bits per heavy atom. The van der Waals surface area contributed by atoms with E-state index in [0.29, 0.717) is 5.41 Å². The Kier molecular flexibility index (Phi) is 3.09. The van der Waals surface area contributed by atoms with Crippen molar-refractivity contribution in [2.45, 2.75) is 39.5 Å². The van der Waals surface area contributed by atoms with E-state index in [9.17, 15) is 0 Å². The third kappa shape index (κ3) is 2.19. The van der Waals surface area contributed by atoms with E-state index in [1.165, 1.54) is 37.2 Å². The van der Waals surface area contributed by atoms with Crippen LogP contribution in [-0.4, -0.2) is 11.5 Å². The molecule has 0 bridgehead atoms. The second-order valence-corrected chi connectivity index (χ2v) is 4.90. The third-order valence-electron chi connectivity index (χ3n) is 2.55. The van der Waals surface area contributed by atoms with Gasteiger partial charge in [0.2, 0.25) is 0 Å². The van der Waals surface area contributed by atoms with Gasteiger partial charge in [-0.3, -0.25) is 0 Å². The normalized spacial score (nSPS) is 24.6. The molecule has 0 spiro atoms. The van der Waals surface area contributed by atoms with E-state index >= 15 is 0 Å². The van der Waals surface area contributed by atoms with E-state index in [1.54, 1.807) is 0 Å². The Hall–Kier alpha value is 0.350. The minimum Gasteiger partial charge on any atom is -0.162 e. The average molecular weight is 158 g/mol. The Bertz CT molecular complexity index is 87.4. The molecule has 0 N–H and O–H groups in total. The predicted octanol–water partition coefficient (Wildman–Crippen LogP) is 3.32. The molecule has 60 valence electrons.